The van der Waals surface area contributed by atoms with Crippen molar-refractivity contribution in [3.63, 3.8) is 0 Å². The van der Waals surface area contributed by atoms with Crippen molar-refractivity contribution in [1.29, 1.82) is 0 Å². The number of hydrogen-bond donors (Lipinski definition) is 1. The van der Waals surface area contributed by atoms with Crippen LogP contribution < -0.4 is 0 Å². The van der Waals surface area contributed by atoms with Gasteiger partial charge in [-0.25, -0.2) is 18.6 Å². The molecule has 1 fully saturated rings. The van der Waals surface area contributed by atoms with Crippen LogP contribution in [-0.2, 0) is 20.6 Å². The number of aromatic nitrogens is 2. The Morgan fingerprint density at radius 1 is 1.27 bits per heavy atom. The van der Waals surface area contributed by atoms with Crippen molar-refractivity contribution < 1.29 is 32.9 Å². The van der Waals surface area contributed by atoms with Crippen molar-refractivity contribution in [3.8, 4) is 11.3 Å². The number of rotatable bonds is 6. The van der Waals surface area contributed by atoms with Gasteiger partial charge in [0.05, 0.1) is 36.2 Å². The lowest BCUT2D eigenvalue weighted by atomic mass is 10.0. The van der Waals surface area contributed by atoms with E-state index in [1.807, 2.05) is 19.1 Å². The van der Waals surface area contributed by atoms with E-state index in [0.717, 1.165) is 17.7 Å². The number of fused-ring (bicyclic) bond motifs is 1. The number of aliphatic hydroxyl groups is 1. The molecule has 37 heavy (non-hydrogen) atoms. The first-order valence-corrected chi connectivity index (χ1v) is 12.3. The fraction of sp³-hybridized carbons (Fsp3) is 0.481. The third-order valence-corrected chi connectivity index (χ3v) is 6.00. The van der Waals surface area contributed by atoms with E-state index in [9.17, 15) is 9.90 Å². The van der Waals surface area contributed by atoms with Gasteiger partial charge in [-0.1, -0.05) is 0 Å². The van der Waals surface area contributed by atoms with Gasteiger partial charge in [0.15, 0.2) is 6.29 Å². The summed E-state index contributed by atoms with van der Waals surface area (Å²) in [5.41, 5.74) is 1.19. The van der Waals surface area contributed by atoms with Gasteiger partial charge in [-0.2, -0.15) is 0 Å². The van der Waals surface area contributed by atoms with Crippen LogP contribution in [0.2, 0.25) is 0 Å². The van der Waals surface area contributed by atoms with E-state index in [1.165, 1.54) is 0 Å². The zero-order valence-electron chi connectivity index (χ0n) is 21.8. The lowest BCUT2D eigenvalue weighted by molar-refractivity contribution is -0.0982. The fourth-order valence-corrected chi connectivity index (χ4v) is 4.36. The van der Waals surface area contributed by atoms with Crippen molar-refractivity contribution in [2.75, 3.05) is 26.3 Å². The second kappa shape index (κ2) is 10.7. The van der Waals surface area contributed by atoms with Crippen LogP contribution in [0.25, 0.3) is 16.9 Å². The molecule has 0 aliphatic carbocycles. The summed E-state index contributed by atoms with van der Waals surface area (Å²) in [7, 11) is 0. The number of morpholine rings is 1. The lowest BCUT2D eigenvalue weighted by Crippen LogP contribution is -2.48. The van der Waals surface area contributed by atoms with E-state index < -0.39 is 35.7 Å². The van der Waals surface area contributed by atoms with E-state index in [4.69, 9.17) is 14.2 Å². The van der Waals surface area contributed by atoms with Crippen molar-refractivity contribution >= 4 is 11.7 Å². The molecular formula is C27H33F2N3O5. The monoisotopic (exact) mass is 517 g/mol. The van der Waals surface area contributed by atoms with E-state index >= 15 is 8.78 Å². The first kappa shape index (κ1) is 27.0. The maximum atomic E-state index is 15.3. The molecule has 1 saturated heterocycles. The molecule has 10 heteroatoms. The van der Waals surface area contributed by atoms with Gasteiger partial charge in [0.2, 0.25) is 0 Å². The summed E-state index contributed by atoms with van der Waals surface area (Å²) in [5.74, 6) is -1.73. The van der Waals surface area contributed by atoms with Crippen LogP contribution in [0.15, 0.2) is 30.5 Å². The number of hydrogen-bond acceptors (Lipinski definition) is 6. The first-order chi connectivity index (χ1) is 17.5. The Morgan fingerprint density at radius 3 is 2.62 bits per heavy atom. The van der Waals surface area contributed by atoms with Crippen LogP contribution in [0.3, 0.4) is 0 Å². The molecule has 0 radical (unpaired) electrons. The molecule has 1 aliphatic heterocycles. The fourth-order valence-electron chi connectivity index (χ4n) is 4.36. The summed E-state index contributed by atoms with van der Waals surface area (Å²) in [6.07, 6.45) is -0.267. The minimum Gasteiger partial charge on any atom is -0.444 e. The Balaban J connectivity index is 1.71. The molecule has 3 heterocycles. The molecular weight excluding hydrogens is 484 g/mol. The number of nitrogens with zero attached hydrogens (tertiary/aromatic N) is 3. The van der Waals surface area contributed by atoms with Gasteiger partial charge in [-0.05, 0) is 64.4 Å². The second-order valence-electron chi connectivity index (χ2n) is 10.1. The van der Waals surface area contributed by atoms with Gasteiger partial charge in [0.25, 0.3) is 0 Å². The highest BCUT2D eigenvalue weighted by molar-refractivity contribution is 5.69. The number of imidazole rings is 1. The number of halogens is 2. The summed E-state index contributed by atoms with van der Waals surface area (Å²) >= 11 is 0. The van der Waals surface area contributed by atoms with Gasteiger partial charge in [-0.15, -0.1) is 0 Å². The Hall–Kier alpha value is -3.08. The summed E-state index contributed by atoms with van der Waals surface area (Å²) in [4.78, 5) is 18.8. The normalized spacial score (nSPS) is 17.3. The standard InChI is InChI=1S/C27H33F2N3O5/c1-6-35-25(33)17-12-19(28)23(20(29)13-17)24-21(32-8-7-16(2)11-22(32)30-24)14-18-15-31(9-10-36-18)26(34)37-27(3,4)5/h7-8,11-13,18,25,33H,6,9-10,14-15H2,1-5H3/t18-,25?/m1/s1. The van der Waals surface area contributed by atoms with Crippen molar-refractivity contribution in [3.05, 3.63) is 58.9 Å². The van der Waals surface area contributed by atoms with Gasteiger partial charge < -0.3 is 28.6 Å². The van der Waals surface area contributed by atoms with E-state index in [0.29, 0.717) is 24.5 Å². The van der Waals surface area contributed by atoms with E-state index in [1.54, 1.807) is 43.2 Å². The molecule has 4 rings (SSSR count). The average Bonchev–Trinajstić information content (AvgIpc) is 3.14. The summed E-state index contributed by atoms with van der Waals surface area (Å²) in [5, 5.41) is 10.1. The molecule has 2 atom stereocenters. The third kappa shape index (κ3) is 6.08. The van der Waals surface area contributed by atoms with E-state index in [-0.39, 0.29) is 36.4 Å². The number of ether oxygens (including phenoxy) is 3. The summed E-state index contributed by atoms with van der Waals surface area (Å²) < 4.78 is 49.0. The molecule has 1 N–H and O–H groups in total. The number of benzene rings is 1. The first-order valence-electron chi connectivity index (χ1n) is 12.3. The highest BCUT2D eigenvalue weighted by atomic mass is 19.1. The number of aryl methyl sites for hydroxylation is 1. The zero-order chi connectivity index (χ0) is 26.9. The molecule has 0 saturated carbocycles. The highest BCUT2D eigenvalue weighted by Gasteiger charge is 2.31. The van der Waals surface area contributed by atoms with Gasteiger partial charge >= 0.3 is 6.09 Å². The molecule has 8 nitrogen and oxygen atoms in total. The number of aliphatic hydroxyl groups excluding tert-OH is 1. The highest BCUT2D eigenvalue weighted by Crippen LogP contribution is 2.33. The summed E-state index contributed by atoms with van der Waals surface area (Å²) in [6.45, 7) is 10.1. The minimum absolute atomic E-state index is 0.0228. The second-order valence-corrected chi connectivity index (χ2v) is 10.1. The lowest BCUT2D eigenvalue weighted by Gasteiger charge is -2.34. The molecule has 1 aliphatic rings. The molecule has 0 bridgehead atoms. The van der Waals surface area contributed by atoms with Gasteiger partial charge in [-0.3, -0.25) is 0 Å². The van der Waals surface area contributed by atoms with Crippen LogP contribution >= 0.6 is 0 Å². The predicted molar refractivity (Wildman–Crippen MR) is 133 cm³/mol. The number of amides is 1. The average molecular weight is 518 g/mol. The van der Waals surface area contributed by atoms with Crippen LogP contribution in [0.5, 0.6) is 0 Å². The van der Waals surface area contributed by atoms with E-state index in [2.05, 4.69) is 4.98 Å². The predicted octanol–water partition coefficient (Wildman–Crippen LogP) is 4.79. The maximum absolute atomic E-state index is 15.3. The van der Waals surface area contributed by atoms with Crippen molar-refractivity contribution in [2.24, 2.45) is 0 Å². The van der Waals surface area contributed by atoms with Gasteiger partial charge in [0.1, 0.15) is 22.9 Å². The SMILES string of the molecule is CCOC(O)c1cc(F)c(-c2nc3cc(C)ccn3c2C[C@@H]2CN(C(=O)OC(C)(C)C)CCO2)c(F)c1. The smallest absolute Gasteiger partial charge is 0.410 e. The maximum Gasteiger partial charge on any atom is 0.410 e. The molecule has 2 aromatic heterocycles. The molecule has 1 unspecified atom stereocenters. The van der Waals surface area contributed by atoms with Crippen LogP contribution in [0.1, 0.15) is 50.8 Å². The molecule has 1 aromatic carbocycles. The largest absolute Gasteiger partial charge is 0.444 e. The number of carbonyl (C=O) groups is 1. The summed E-state index contributed by atoms with van der Waals surface area (Å²) in [6, 6.07) is 5.81. The Kier molecular flexibility index (Phi) is 7.82. The Bertz CT molecular complexity index is 1260. The minimum atomic E-state index is -1.44. The van der Waals surface area contributed by atoms with Gasteiger partial charge in [0, 0.05) is 31.3 Å². The van der Waals surface area contributed by atoms with Crippen LogP contribution in [0, 0.1) is 18.6 Å². The molecule has 0 spiro atoms. The number of pyridine rings is 1. The number of carbonyl (C=O) groups excluding carboxylic acids is 1. The van der Waals surface area contributed by atoms with Crippen LogP contribution in [-0.4, -0.2) is 63.5 Å². The quantitative estimate of drug-likeness (QED) is 0.473. The molecule has 3 aromatic rings. The molecule has 200 valence electrons. The third-order valence-electron chi connectivity index (χ3n) is 6.00. The Morgan fingerprint density at radius 2 is 1.97 bits per heavy atom. The molecule has 1 amide bonds. The van der Waals surface area contributed by atoms with Crippen LogP contribution in [0.4, 0.5) is 13.6 Å². The Labute approximate surface area is 214 Å². The van der Waals surface area contributed by atoms with Crippen molar-refractivity contribution in [2.45, 2.75) is 59.0 Å². The van der Waals surface area contributed by atoms with Crippen molar-refractivity contribution in [1.82, 2.24) is 14.3 Å². The topological polar surface area (TPSA) is 85.5 Å². The zero-order valence-corrected chi connectivity index (χ0v) is 21.8.